The van der Waals surface area contributed by atoms with Gasteiger partial charge in [-0.15, -0.1) is 23.1 Å². The molecule has 0 radical (unpaired) electrons. The maximum atomic E-state index is 11.9. The van der Waals surface area contributed by atoms with Gasteiger partial charge in [0.2, 0.25) is 5.91 Å². The molecule has 0 unspecified atom stereocenters. The van der Waals surface area contributed by atoms with Gasteiger partial charge in [-0.2, -0.15) is 0 Å². The number of thioether (sulfide) groups is 1. The van der Waals surface area contributed by atoms with Crippen LogP contribution < -0.4 is 0 Å². The quantitative estimate of drug-likeness (QED) is 0.900. The predicted octanol–water partition coefficient (Wildman–Crippen LogP) is 2.01. The lowest BCUT2D eigenvalue weighted by molar-refractivity contribution is -0.130. The molecular formula is C11H15NO2S2. The summed E-state index contributed by atoms with van der Waals surface area (Å²) >= 11 is 3.35. The summed E-state index contributed by atoms with van der Waals surface area (Å²) in [5.74, 6) is 0.136. The molecule has 1 fully saturated rings. The fourth-order valence-corrected chi connectivity index (χ4v) is 4.40. The zero-order valence-electron chi connectivity index (χ0n) is 9.34. The van der Waals surface area contributed by atoms with Gasteiger partial charge in [-0.3, -0.25) is 4.79 Å². The minimum absolute atomic E-state index is 0.00181. The van der Waals surface area contributed by atoms with E-state index >= 15 is 0 Å². The van der Waals surface area contributed by atoms with Crippen molar-refractivity contribution in [2.24, 2.45) is 0 Å². The van der Waals surface area contributed by atoms with E-state index in [1.165, 1.54) is 10.4 Å². The Hall–Kier alpha value is -0.520. The summed E-state index contributed by atoms with van der Waals surface area (Å²) in [6.07, 6.45) is 0. The molecule has 1 aliphatic rings. The van der Waals surface area contributed by atoms with Gasteiger partial charge in [0.15, 0.2) is 0 Å². The van der Waals surface area contributed by atoms with Gasteiger partial charge in [0.25, 0.3) is 0 Å². The summed E-state index contributed by atoms with van der Waals surface area (Å²) in [7, 11) is 0. The van der Waals surface area contributed by atoms with E-state index in [1.807, 2.05) is 6.92 Å². The van der Waals surface area contributed by atoms with Crippen LogP contribution in [0.1, 0.15) is 22.7 Å². The van der Waals surface area contributed by atoms with Crippen molar-refractivity contribution in [3.63, 3.8) is 0 Å². The van der Waals surface area contributed by atoms with Crippen LogP contribution in [0.15, 0.2) is 11.4 Å². The molecule has 2 heterocycles. The van der Waals surface area contributed by atoms with Crippen molar-refractivity contribution in [1.29, 1.82) is 0 Å². The van der Waals surface area contributed by atoms with E-state index in [4.69, 9.17) is 5.11 Å². The van der Waals surface area contributed by atoms with E-state index in [0.717, 1.165) is 0 Å². The van der Waals surface area contributed by atoms with Crippen LogP contribution in [0.3, 0.4) is 0 Å². The normalized spacial score (nSPS) is 25.4. The highest BCUT2D eigenvalue weighted by atomic mass is 32.2. The second kappa shape index (κ2) is 4.77. The molecule has 1 aromatic rings. The minimum atomic E-state index is -0.00181. The van der Waals surface area contributed by atoms with Gasteiger partial charge in [0, 0.05) is 11.4 Å². The number of amides is 1. The standard InChI is InChI=1S/C11H15NO2S2/c1-7-3-6-15-9(7)11-12(4-5-13)10(14)8(2)16-11/h3,6,8,11,13H,4-5H2,1-2H3/t8-,11-/m1/s1. The highest BCUT2D eigenvalue weighted by Crippen LogP contribution is 2.45. The number of aliphatic hydroxyl groups is 1. The number of aliphatic hydroxyl groups excluding tert-OH is 1. The molecule has 0 bridgehead atoms. The van der Waals surface area contributed by atoms with Crippen molar-refractivity contribution in [2.75, 3.05) is 13.2 Å². The highest BCUT2D eigenvalue weighted by Gasteiger charge is 2.39. The molecule has 1 aromatic heterocycles. The fraction of sp³-hybridized carbons (Fsp3) is 0.545. The summed E-state index contributed by atoms with van der Waals surface area (Å²) in [6.45, 7) is 4.45. The molecule has 16 heavy (non-hydrogen) atoms. The Morgan fingerprint density at radius 3 is 2.88 bits per heavy atom. The molecule has 2 rings (SSSR count). The Morgan fingerprint density at radius 1 is 1.56 bits per heavy atom. The monoisotopic (exact) mass is 257 g/mol. The molecule has 5 heteroatoms. The Balaban J connectivity index is 2.27. The number of hydrogen-bond donors (Lipinski definition) is 1. The van der Waals surface area contributed by atoms with Gasteiger partial charge in [-0.25, -0.2) is 0 Å². The molecule has 0 aliphatic carbocycles. The third kappa shape index (κ3) is 1.99. The number of nitrogens with zero attached hydrogens (tertiary/aromatic N) is 1. The molecule has 3 nitrogen and oxygen atoms in total. The summed E-state index contributed by atoms with van der Waals surface area (Å²) in [5, 5.41) is 11.2. The number of carbonyl (C=O) groups is 1. The van der Waals surface area contributed by atoms with Crippen molar-refractivity contribution in [1.82, 2.24) is 4.90 Å². The maximum Gasteiger partial charge on any atom is 0.236 e. The molecule has 1 N–H and O–H groups in total. The predicted molar refractivity (Wildman–Crippen MR) is 67.6 cm³/mol. The first-order valence-electron chi connectivity index (χ1n) is 5.26. The molecular weight excluding hydrogens is 242 g/mol. The first kappa shape index (κ1) is 12.0. The Bertz CT molecular complexity index is 391. The first-order valence-corrected chi connectivity index (χ1v) is 7.08. The van der Waals surface area contributed by atoms with Crippen LogP contribution in [0, 0.1) is 6.92 Å². The summed E-state index contributed by atoms with van der Waals surface area (Å²) in [5.41, 5.74) is 1.23. The van der Waals surface area contributed by atoms with Gasteiger partial charge in [0.1, 0.15) is 5.37 Å². The number of rotatable bonds is 3. The van der Waals surface area contributed by atoms with Crippen molar-refractivity contribution in [3.05, 3.63) is 21.9 Å². The Morgan fingerprint density at radius 2 is 2.31 bits per heavy atom. The van der Waals surface area contributed by atoms with Crippen LogP contribution in [0.5, 0.6) is 0 Å². The van der Waals surface area contributed by atoms with Crippen LogP contribution in [0.4, 0.5) is 0 Å². The number of carbonyl (C=O) groups excluding carboxylic acids is 1. The number of thiophene rings is 1. The number of hydrogen-bond acceptors (Lipinski definition) is 4. The zero-order chi connectivity index (χ0) is 11.7. The molecule has 1 saturated heterocycles. The van der Waals surface area contributed by atoms with Crippen molar-refractivity contribution in [3.8, 4) is 0 Å². The van der Waals surface area contributed by atoms with E-state index in [-0.39, 0.29) is 23.1 Å². The second-order valence-electron chi connectivity index (χ2n) is 3.85. The zero-order valence-corrected chi connectivity index (χ0v) is 11.0. The van der Waals surface area contributed by atoms with Gasteiger partial charge >= 0.3 is 0 Å². The van der Waals surface area contributed by atoms with Crippen LogP contribution in [-0.4, -0.2) is 34.3 Å². The molecule has 1 aliphatic heterocycles. The smallest absolute Gasteiger partial charge is 0.236 e. The van der Waals surface area contributed by atoms with Crippen LogP contribution in [0.25, 0.3) is 0 Å². The summed E-state index contributed by atoms with van der Waals surface area (Å²) < 4.78 is 0. The van der Waals surface area contributed by atoms with Crippen LogP contribution in [0.2, 0.25) is 0 Å². The van der Waals surface area contributed by atoms with Gasteiger partial charge in [-0.05, 0) is 30.9 Å². The topological polar surface area (TPSA) is 40.5 Å². The molecule has 2 atom stereocenters. The average molecular weight is 257 g/mol. The third-order valence-corrected chi connectivity index (χ3v) is 5.29. The van der Waals surface area contributed by atoms with E-state index in [2.05, 4.69) is 18.4 Å². The molecule has 0 saturated carbocycles. The van der Waals surface area contributed by atoms with E-state index in [1.54, 1.807) is 28.0 Å². The summed E-state index contributed by atoms with van der Waals surface area (Å²) in [4.78, 5) is 14.9. The maximum absolute atomic E-state index is 11.9. The largest absolute Gasteiger partial charge is 0.395 e. The number of aryl methyl sites for hydroxylation is 1. The third-order valence-electron chi connectivity index (χ3n) is 2.71. The summed E-state index contributed by atoms with van der Waals surface area (Å²) in [6, 6.07) is 2.07. The second-order valence-corrected chi connectivity index (χ2v) is 6.23. The van der Waals surface area contributed by atoms with Crippen LogP contribution >= 0.6 is 23.1 Å². The molecule has 88 valence electrons. The lowest BCUT2D eigenvalue weighted by atomic mass is 10.2. The molecule has 0 spiro atoms. The van der Waals surface area contributed by atoms with Gasteiger partial charge < -0.3 is 10.0 Å². The average Bonchev–Trinajstić information content (AvgIpc) is 2.77. The highest BCUT2D eigenvalue weighted by molar-refractivity contribution is 8.01. The Labute approximate surface area is 103 Å². The van der Waals surface area contributed by atoms with Gasteiger partial charge in [-0.1, -0.05) is 0 Å². The van der Waals surface area contributed by atoms with Crippen molar-refractivity contribution < 1.29 is 9.90 Å². The SMILES string of the molecule is Cc1ccsc1[C@H]1S[C@H](C)C(=O)N1CCO. The lowest BCUT2D eigenvalue weighted by Crippen LogP contribution is -2.32. The van der Waals surface area contributed by atoms with Crippen molar-refractivity contribution in [2.45, 2.75) is 24.5 Å². The van der Waals surface area contributed by atoms with Crippen LogP contribution in [-0.2, 0) is 4.79 Å². The van der Waals surface area contributed by atoms with E-state index < -0.39 is 0 Å². The number of β-amino-alcohol motifs (C(OH)–C–C–N with tert-alkyl or cyclic N) is 1. The molecule has 0 aromatic carbocycles. The minimum Gasteiger partial charge on any atom is -0.395 e. The fourth-order valence-electron chi connectivity index (χ4n) is 1.85. The van der Waals surface area contributed by atoms with Crippen molar-refractivity contribution >= 4 is 29.0 Å². The van der Waals surface area contributed by atoms with E-state index in [0.29, 0.717) is 6.54 Å². The van der Waals surface area contributed by atoms with E-state index in [9.17, 15) is 4.79 Å². The Kier molecular flexibility index (Phi) is 3.56. The lowest BCUT2D eigenvalue weighted by Gasteiger charge is -2.22. The first-order chi connectivity index (χ1) is 7.65. The van der Waals surface area contributed by atoms with Gasteiger partial charge in [0.05, 0.1) is 11.9 Å². The molecule has 1 amide bonds.